The van der Waals surface area contributed by atoms with Gasteiger partial charge < -0.3 is 29.6 Å². The fourth-order valence-electron chi connectivity index (χ4n) is 3.05. The van der Waals surface area contributed by atoms with Crippen LogP contribution in [-0.4, -0.2) is 55.1 Å². The van der Waals surface area contributed by atoms with E-state index in [1.54, 1.807) is 13.0 Å². The first kappa shape index (κ1) is 21.7. The average molecular weight is 412 g/mol. The van der Waals surface area contributed by atoms with Crippen LogP contribution in [0.4, 0.5) is 0 Å². The number of aliphatic hydroxyl groups is 1. The fraction of sp³-hybridized carbons (Fsp3) is 0.348. The molecular formula is C23H28N2O5. The Labute approximate surface area is 176 Å². The number of hydrogen-bond acceptors (Lipinski definition) is 6. The molecule has 0 aliphatic rings. The molecule has 0 spiro atoms. The average Bonchev–Trinajstić information content (AvgIpc) is 3.17. The highest BCUT2D eigenvalue weighted by Gasteiger charge is 2.15. The fourth-order valence-corrected chi connectivity index (χ4v) is 3.05. The summed E-state index contributed by atoms with van der Waals surface area (Å²) in [6.45, 7) is 5.66. The molecule has 1 heterocycles. The maximum Gasteiger partial charge on any atom is 0.354 e. The van der Waals surface area contributed by atoms with E-state index in [4.69, 9.17) is 14.2 Å². The van der Waals surface area contributed by atoms with E-state index in [1.165, 1.54) is 0 Å². The first-order chi connectivity index (χ1) is 14.6. The minimum atomic E-state index is -0.680. The first-order valence-corrected chi connectivity index (χ1v) is 10.1. The molecule has 0 fully saturated rings. The van der Waals surface area contributed by atoms with Crippen molar-refractivity contribution in [3.63, 3.8) is 0 Å². The standard InChI is InChI=1S/C23H28N2O5/c1-3-28-23(27)21-13-19-20(25-21)11-16(2)12-22(19)30-15-17(26)14-24-9-10-29-18-7-5-4-6-8-18/h4-8,11-13,17,24-26H,3,9-10,14-15H2,1-2H3. The smallest absolute Gasteiger partial charge is 0.354 e. The normalized spacial score (nSPS) is 12.0. The molecule has 160 valence electrons. The maximum absolute atomic E-state index is 12.0. The number of carbonyl (C=O) groups is 1. The van der Waals surface area contributed by atoms with Crippen molar-refractivity contribution < 1.29 is 24.1 Å². The highest BCUT2D eigenvalue weighted by molar-refractivity contribution is 5.97. The minimum absolute atomic E-state index is 0.130. The zero-order valence-corrected chi connectivity index (χ0v) is 17.3. The Bertz CT molecular complexity index is 955. The number of aromatic amines is 1. The van der Waals surface area contributed by atoms with E-state index < -0.39 is 12.1 Å². The van der Waals surface area contributed by atoms with E-state index in [1.807, 2.05) is 49.4 Å². The molecule has 0 saturated heterocycles. The number of H-pyrrole nitrogens is 1. The van der Waals surface area contributed by atoms with E-state index in [0.29, 0.717) is 37.7 Å². The van der Waals surface area contributed by atoms with Crippen molar-refractivity contribution in [2.24, 2.45) is 0 Å². The number of para-hydroxylation sites is 1. The zero-order chi connectivity index (χ0) is 21.3. The van der Waals surface area contributed by atoms with Crippen LogP contribution in [0.15, 0.2) is 48.5 Å². The SMILES string of the molecule is CCOC(=O)c1cc2c(OCC(O)CNCCOc3ccccc3)cc(C)cc2[nH]1. The Kier molecular flexibility index (Phi) is 7.70. The van der Waals surface area contributed by atoms with Gasteiger partial charge in [-0.05, 0) is 49.7 Å². The second kappa shape index (κ2) is 10.7. The summed E-state index contributed by atoms with van der Waals surface area (Å²) in [6, 6.07) is 15.1. The van der Waals surface area contributed by atoms with E-state index in [9.17, 15) is 9.90 Å². The van der Waals surface area contributed by atoms with E-state index >= 15 is 0 Å². The van der Waals surface area contributed by atoms with Crippen molar-refractivity contribution in [2.75, 3.05) is 32.9 Å². The van der Waals surface area contributed by atoms with Gasteiger partial charge in [0, 0.05) is 18.5 Å². The number of rotatable bonds is 11. The number of benzene rings is 2. The highest BCUT2D eigenvalue weighted by atomic mass is 16.5. The number of aryl methyl sites for hydroxylation is 1. The lowest BCUT2D eigenvalue weighted by molar-refractivity contribution is 0.0520. The van der Waals surface area contributed by atoms with Crippen LogP contribution in [0, 0.1) is 6.92 Å². The van der Waals surface area contributed by atoms with Crippen LogP contribution in [0.3, 0.4) is 0 Å². The van der Waals surface area contributed by atoms with Crippen molar-refractivity contribution in [1.82, 2.24) is 10.3 Å². The van der Waals surface area contributed by atoms with Crippen LogP contribution in [0.25, 0.3) is 10.9 Å². The quantitative estimate of drug-likeness (QED) is 0.331. The van der Waals surface area contributed by atoms with Crippen molar-refractivity contribution >= 4 is 16.9 Å². The Morgan fingerprint density at radius 2 is 1.97 bits per heavy atom. The molecule has 2 aromatic carbocycles. The molecule has 0 aliphatic heterocycles. The van der Waals surface area contributed by atoms with E-state index in [2.05, 4.69) is 10.3 Å². The maximum atomic E-state index is 12.0. The topological polar surface area (TPSA) is 92.8 Å². The lowest BCUT2D eigenvalue weighted by Crippen LogP contribution is -2.33. The van der Waals surface area contributed by atoms with Crippen molar-refractivity contribution in [3.8, 4) is 11.5 Å². The number of aliphatic hydroxyl groups excluding tert-OH is 1. The third-order valence-corrected chi connectivity index (χ3v) is 4.44. The summed E-state index contributed by atoms with van der Waals surface area (Å²) in [5, 5.41) is 14.2. The summed E-state index contributed by atoms with van der Waals surface area (Å²) in [5.41, 5.74) is 2.15. The van der Waals surface area contributed by atoms with E-state index in [0.717, 1.165) is 22.2 Å². The largest absolute Gasteiger partial charge is 0.492 e. The molecule has 0 saturated carbocycles. The predicted octanol–water partition coefficient (Wildman–Crippen LogP) is 3.06. The summed E-state index contributed by atoms with van der Waals surface area (Å²) in [6.07, 6.45) is -0.680. The Hall–Kier alpha value is -3.03. The van der Waals surface area contributed by atoms with Crippen molar-refractivity contribution in [2.45, 2.75) is 20.0 Å². The molecule has 1 atom stereocenters. The third-order valence-electron chi connectivity index (χ3n) is 4.44. The summed E-state index contributed by atoms with van der Waals surface area (Å²) >= 11 is 0. The molecule has 7 heteroatoms. The van der Waals surface area contributed by atoms with Crippen molar-refractivity contribution in [1.29, 1.82) is 0 Å². The lowest BCUT2D eigenvalue weighted by atomic mass is 10.1. The second-order valence-corrected chi connectivity index (χ2v) is 6.96. The number of carbonyl (C=O) groups excluding carboxylic acids is 1. The lowest BCUT2D eigenvalue weighted by Gasteiger charge is -2.14. The number of aromatic nitrogens is 1. The van der Waals surface area contributed by atoms with Crippen LogP contribution < -0.4 is 14.8 Å². The number of hydrogen-bond donors (Lipinski definition) is 3. The molecule has 0 amide bonds. The Morgan fingerprint density at radius 3 is 2.73 bits per heavy atom. The summed E-state index contributed by atoms with van der Waals surface area (Å²) in [5.74, 6) is 1.03. The third kappa shape index (κ3) is 5.98. The molecule has 3 N–H and O–H groups in total. The Balaban J connectivity index is 1.49. The summed E-state index contributed by atoms with van der Waals surface area (Å²) < 4.78 is 16.5. The number of fused-ring (bicyclic) bond motifs is 1. The molecule has 0 bridgehead atoms. The molecule has 1 unspecified atom stereocenters. The van der Waals surface area contributed by atoms with Gasteiger partial charge in [-0.15, -0.1) is 0 Å². The van der Waals surface area contributed by atoms with Crippen LogP contribution >= 0.6 is 0 Å². The van der Waals surface area contributed by atoms with Gasteiger partial charge in [-0.25, -0.2) is 4.79 Å². The van der Waals surface area contributed by atoms with Crippen molar-refractivity contribution in [3.05, 3.63) is 59.8 Å². The monoisotopic (exact) mass is 412 g/mol. The molecule has 3 aromatic rings. The van der Waals surface area contributed by atoms with Gasteiger partial charge in [0.2, 0.25) is 0 Å². The van der Waals surface area contributed by atoms with Gasteiger partial charge in [0.05, 0.1) is 12.1 Å². The number of nitrogens with one attached hydrogen (secondary N) is 2. The van der Waals surface area contributed by atoms with Gasteiger partial charge >= 0.3 is 5.97 Å². The Morgan fingerprint density at radius 1 is 1.17 bits per heavy atom. The molecule has 0 radical (unpaired) electrons. The van der Waals surface area contributed by atoms with Gasteiger partial charge in [0.15, 0.2) is 0 Å². The van der Waals surface area contributed by atoms with Crippen LogP contribution in [0.2, 0.25) is 0 Å². The first-order valence-electron chi connectivity index (χ1n) is 10.1. The summed E-state index contributed by atoms with van der Waals surface area (Å²) in [7, 11) is 0. The van der Waals surface area contributed by atoms with Gasteiger partial charge in [0.1, 0.15) is 36.5 Å². The molecule has 0 aliphatic carbocycles. The van der Waals surface area contributed by atoms with Gasteiger partial charge in [0.25, 0.3) is 0 Å². The highest BCUT2D eigenvalue weighted by Crippen LogP contribution is 2.28. The second-order valence-electron chi connectivity index (χ2n) is 6.96. The van der Waals surface area contributed by atoms with Crippen LogP contribution in [0.5, 0.6) is 11.5 Å². The summed E-state index contributed by atoms with van der Waals surface area (Å²) in [4.78, 5) is 15.1. The van der Waals surface area contributed by atoms with Crippen LogP contribution in [-0.2, 0) is 4.74 Å². The van der Waals surface area contributed by atoms with Gasteiger partial charge in [-0.1, -0.05) is 18.2 Å². The predicted molar refractivity (Wildman–Crippen MR) is 115 cm³/mol. The van der Waals surface area contributed by atoms with E-state index in [-0.39, 0.29) is 6.61 Å². The molecule has 30 heavy (non-hydrogen) atoms. The molecule has 3 rings (SSSR count). The number of ether oxygens (including phenoxy) is 3. The molecule has 1 aromatic heterocycles. The van der Waals surface area contributed by atoms with Crippen LogP contribution in [0.1, 0.15) is 23.0 Å². The molecular weight excluding hydrogens is 384 g/mol. The van der Waals surface area contributed by atoms with Gasteiger partial charge in [-0.3, -0.25) is 0 Å². The molecule has 7 nitrogen and oxygen atoms in total. The zero-order valence-electron chi connectivity index (χ0n) is 17.3. The number of esters is 1. The van der Waals surface area contributed by atoms with Gasteiger partial charge in [-0.2, -0.15) is 0 Å². The minimum Gasteiger partial charge on any atom is -0.492 e.